The van der Waals surface area contributed by atoms with Gasteiger partial charge in [-0.05, 0) is 38.5 Å². The maximum Gasteiger partial charge on any atom is 0.332 e. The van der Waals surface area contributed by atoms with Gasteiger partial charge in [-0.25, -0.2) is 14.4 Å². The Bertz CT molecular complexity index is 1050. The molecule has 14 heteroatoms. The molecule has 252 valence electrons. The lowest BCUT2D eigenvalue weighted by Crippen LogP contribution is -2.58. The Balaban J connectivity index is 3.87. The number of hydrogen-bond donors (Lipinski definition) is 2. The van der Waals surface area contributed by atoms with E-state index < -0.39 is 102 Å². The van der Waals surface area contributed by atoms with Gasteiger partial charge in [0.2, 0.25) is 0 Å². The van der Waals surface area contributed by atoms with Crippen molar-refractivity contribution in [3.05, 3.63) is 0 Å². The molecule has 0 aromatic heterocycles. The molecule has 1 rings (SSSR count). The van der Waals surface area contributed by atoms with E-state index in [1.165, 1.54) is 41.9 Å². The summed E-state index contributed by atoms with van der Waals surface area (Å²) in [6.07, 6.45) is -6.83. The normalized spacial score (nSPS) is 29.6. The molecule has 3 amide bonds. The Morgan fingerprint density at radius 3 is 1.25 bits per heavy atom. The van der Waals surface area contributed by atoms with Crippen LogP contribution in [0.4, 0.5) is 0 Å². The highest BCUT2D eigenvalue weighted by atomic mass is 16.6. The summed E-state index contributed by atoms with van der Waals surface area (Å²) in [5, 5.41) is 20.9. The number of hydrogen-bond acceptors (Lipinski definition) is 11. The van der Waals surface area contributed by atoms with E-state index in [0.717, 1.165) is 14.7 Å². The number of aliphatic hydroxyl groups excluding tert-OH is 2. The molecule has 0 saturated carbocycles. The molecule has 1 aliphatic rings. The number of esters is 3. The molecule has 1 heterocycles. The molecule has 44 heavy (non-hydrogen) atoms. The third-order valence-electron chi connectivity index (χ3n) is 7.94. The zero-order chi connectivity index (χ0) is 34.4. The number of ether oxygens (including phenoxy) is 3. The highest BCUT2D eigenvalue weighted by Crippen LogP contribution is 2.24. The summed E-state index contributed by atoms with van der Waals surface area (Å²) in [4.78, 5) is 83.9. The summed E-state index contributed by atoms with van der Waals surface area (Å²) in [5.74, 6) is -7.16. The molecule has 0 aliphatic carbocycles. The van der Waals surface area contributed by atoms with Gasteiger partial charge in [-0.2, -0.15) is 0 Å². The third kappa shape index (κ3) is 8.90. The molecule has 0 bridgehead atoms. The molecule has 0 spiro atoms. The van der Waals surface area contributed by atoms with E-state index in [0.29, 0.717) is 6.42 Å². The topological polar surface area (TPSA) is 180 Å². The smallest absolute Gasteiger partial charge is 0.332 e. The predicted molar refractivity (Wildman–Crippen MR) is 157 cm³/mol. The maximum absolute atomic E-state index is 13.8. The Kier molecular flexibility index (Phi) is 14.2. The van der Waals surface area contributed by atoms with Crippen LogP contribution in [0.2, 0.25) is 0 Å². The van der Waals surface area contributed by atoms with E-state index in [9.17, 15) is 39.0 Å². The fraction of sp³-hybridized carbons (Fsp3) is 0.800. The van der Waals surface area contributed by atoms with Crippen LogP contribution in [-0.4, -0.2) is 130 Å². The first-order valence-electron chi connectivity index (χ1n) is 15.0. The minimum Gasteiger partial charge on any atom is -0.451 e. The first kappa shape index (κ1) is 38.8. The van der Waals surface area contributed by atoms with Gasteiger partial charge < -0.3 is 39.1 Å². The van der Waals surface area contributed by atoms with Crippen LogP contribution >= 0.6 is 0 Å². The molecule has 0 radical (unpaired) electrons. The minimum atomic E-state index is -1.60. The SMILES string of the molecule is CC[C@H](C)[C@H]1C(=O)O[C@H](C(C)C)C(=O)N(C)[C@@H]([C@@H](C)O)C(=O)O[C@H](C)C(=O)N(C)[C@@H]([C@@H](C)O)C(=O)O[C@H](C(C)C)C(=O)N1C. The van der Waals surface area contributed by atoms with Crippen LogP contribution in [0.5, 0.6) is 0 Å². The fourth-order valence-corrected chi connectivity index (χ4v) is 5.08. The zero-order valence-electron chi connectivity index (χ0n) is 28.0. The van der Waals surface area contributed by atoms with E-state index in [2.05, 4.69) is 0 Å². The number of rotatable bonds is 6. The van der Waals surface area contributed by atoms with Crippen LogP contribution in [0.15, 0.2) is 0 Å². The van der Waals surface area contributed by atoms with Crippen molar-refractivity contribution in [2.24, 2.45) is 17.8 Å². The summed E-state index contributed by atoms with van der Waals surface area (Å²) >= 11 is 0. The van der Waals surface area contributed by atoms with Crippen molar-refractivity contribution in [2.45, 2.75) is 117 Å². The molecule has 0 aromatic carbocycles. The molecule has 14 nitrogen and oxygen atoms in total. The van der Waals surface area contributed by atoms with Gasteiger partial charge in [-0.3, -0.25) is 14.4 Å². The molecular weight excluding hydrogens is 578 g/mol. The average molecular weight is 630 g/mol. The summed E-state index contributed by atoms with van der Waals surface area (Å²) in [6.45, 7) is 13.8. The summed E-state index contributed by atoms with van der Waals surface area (Å²) in [5.41, 5.74) is 0. The van der Waals surface area contributed by atoms with Crippen LogP contribution in [-0.2, 0) is 43.0 Å². The van der Waals surface area contributed by atoms with Gasteiger partial charge in [0.05, 0.1) is 12.2 Å². The lowest BCUT2D eigenvalue weighted by atomic mass is 9.96. The Hall–Kier alpha value is -3.26. The van der Waals surface area contributed by atoms with Crippen LogP contribution in [0.3, 0.4) is 0 Å². The second-order valence-electron chi connectivity index (χ2n) is 12.3. The first-order chi connectivity index (χ1) is 20.2. The molecule has 1 aliphatic heterocycles. The summed E-state index contributed by atoms with van der Waals surface area (Å²) < 4.78 is 16.6. The van der Waals surface area contributed by atoms with E-state index in [1.54, 1.807) is 41.5 Å². The standard InChI is InChI=1S/C30H51N3O11/c1-13-16(6)20-28(39)43-24(15(4)5)27(38)33(12)21(17(7)34)29(40)42-19(9)25(36)32(11)22(18(8)35)30(41)44-23(14(2)3)26(37)31(20)10/h14-24,34-35H,13H2,1-12H3/t16-,17+,18+,19+,20-,21-,22-,23+,24+/m0/s1. The summed E-state index contributed by atoms with van der Waals surface area (Å²) in [6, 6.07) is -4.39. The van der Waals surface area contributed by atoms with E-state index in [-0.39, 0.29) is 0 Å². The highest BCUT2D eigenvalue weighted by molar-refractivity contribution is 5.94. The average Bonchev–Trinajstić information content (AvgIpc) is 2.91. The van der Waals surface area contributed by atoms with E-state index in [1.807, 2.05) is 0 Å². The fourth-order valence-electron chi connectivity index (χ4n) is 5.08. The molecule has 2 N–H and O–H groups in total. The van der Waals surface area contributed by atoms with Gasteiger partial charge in [0.15, 0.2) is 30.4 Å². The van der Waals surface area contributed by atoms with Crippen molar-refractivity contribution >= 4 is 35.6 Å². The van der Waals surface area contributed by atoms with Crippen LogP contribution in [0, 0.1) is 17.8 Å². The van der Waals surface area contributed by atoms with Crippen molar-refractivity contribution in [3.8, 4) is 0 Å². The number of carbonyl (C=O) groups excluding carboxylic acids is 6. The predicted octanol–water partition coefficient (Wildman–Crippen LogP) is 0.356. The molecule has 1 saturated heterocycles. The first-order valence-corrected chi connectivity index (χ1v) is 15.0. The quantitative estimate of drug-likeness (QED) is 0.306. The lowest BCUT2D eigenvalue weighted by molar-refractivity contribution is -0.182. The van der Waals surface area contributed by atoms with Gasteiger partial charge in [-0.1, -0.05) is 48.0 Å². The highest BCUT2D eigenvalue weighted by Gasteiger charge is 2.45. The summed E-state index contributed by atoms with van der Waals surface area (Å²) in [7, 11) is 3.80. The maximum atomic E-state index is 13.8. The Morgan fingerprint density at radius 1 is 0.591 bits per heavy atom. The van der Waals surface area contributed by atoms with Crippen molar-refractivity contribution in [1.82, 2.24) is 14.7 Å². The molecule has 1 fully saturated rings. The van der Waals surface area contributed by atoms with Crippen molar-refractivity contribution in [1.29, 1.82) is 0 Å². The molecule has 0 aromatic rings. The number of carbonyl (C=O) groups is 6. The van der Waals surface area contributed by atoms with Gasteiger partial charge >= 0.3 is 17.9 Å². The van der Waals surface area contributed by atoms with Crippen molar-refractivity contribution in [3.63, 3.8) is 0 Å². The second-order valence-corrected chi connectivity index (χ2v) is 12.3. The van der Waals surface area contributed by atoms with Gasteiger partial charge in [0.25, 0.3) is 17.7 Å². The third-order valence-corrected chi connectivity index (χ3v) is 7.94. The monoisotopic (exact) mass is 629 g/mol. The number of likely N-dealkylation sites (N-methyl/N-ethyl adjacent to an activating group) is 3. The van der Waals surface area contributed by atoms with Gasteiger partial charge in [-0.15, -0.1) is 0 Å². The van der Waals surface area contributed by atoms with Crippen molar-refractivity contribution in [2.75, 3.05) is 21.1 Å². The van der Waals surface area contributed by atoms with Crippen LogP contribution in [0.1, 0.15) is 68.7 Å². The molecule has 9 atom stereocenters. The van der Waals surface area contributed by atoms with Crippen molar-refractivity contribution < 1.29 is 53.2 Å². The molecule has 0 unspecified atom stereocenters. The van der Waals surface area contributed by atoms with Gasteiger partial charge in [0, 0.05) is 21.1 Å². The lowest BCUT2D eigenvalue weighted by Gasteiger charge is -2.37. The van der Waals surface area contributed by atoms with Gasteiger partial charge in [0.1, 0.15) is 6.04 Å². The van der Waals surface area contributed by atoms with Crippen LogP contribution in [0.25, 0.3) is 0 Å². The Morgan fingerprint density at radius 2 is 0.909 bits per heavy atom. The molecular formula is C30H51N3O11. The zero-order valence-corrected chi connectivity index (χ0v) is 28.0. The number of aliphatic hydroxyl groups is 2. The van der Waals surface area contributed by atoms with Crippen LogP contribution < -0.4 is 0 Å². The second kappa shape index (κ2) is 16.2. The largest absolute Gasteiger partial charge is 0.451 e. The number of amides is 3. The van der Waals surface area contributed by atoms with E-state index in [4.69, 9.17) is 14.2 Å². The Labute approximate surface area is 259 Å². The van der Waals surface area contributed by atoms with E-state index >= 15 is 0 Å². The number of nitrogens with zero attached hydrogens (tertiary/aromatic N) is 3. The number of cyclic esters (lactones) is 3. The minimum absolute atomic E-state index is 0.439.